The molecule has 0 spiro atoms. The molecule has 5 nitrogen and oxygen atoms in total. The van der Waals surface area contributed by atoms with Gasteiger partial charge in [-0.3, -0.25) is 4.79 Å². The van der Waals surface area contributed by atoms with Gasteiger partial charge in [0.1, 0.15) is 5.75 Å². The van der Waals surface area contributed by atoms with E-state index in [1.807, 2.05) is 52.7 Å². The van der Waals surface area contributed by atoms with Crippen LogP contribution in [0.5, 0.6) is 5.75 Å². The molecular formula is C25H25N3O2S2. The maximum absolute atomic E-state index is 12.8. The van der Waals surface area contributed by atoms with Crippen LogP contribution in [0.4, 0.5) is 5.69 Å². The van der Waals surface area contributed by atoms with Gasteiger partial charge in [0.05, 0.1) is 20.2 Å². The molecule has 2 aromatic heterocycles. The highest BCUT2D eigenvalue weighted by Gasteiger charge is 2.15. The summed E-state index contributed by atoms with van der Waals surface area (Å²) in [4.78, 5) is 19.0. The van der Waals surface area contributed by atoms with E-state index in [9.17, 15) is 4.79 Å². The van der Waals surface area contributed by atoms with Crippen molar-refractivity contribution in [2.24, 2.45) is 0 Å². The predicted molar refractivity (Wildman–Crippen MR) is 137 cm³/mol. The Morgan fingerprint density at radius 2 is 1.94 bits per heavy atom. The first-order valence-electron chi connectivity index (χ1n) is 10.4. The molecule has 0 bridgehead atoms. The maximum atomic E-state index is 12.8. The second-order valence-corrected chi connectivity index (χ2v) is 8.91. The number of benzene rings is 2. The molecule has 0 atom stereocenters. The Hall–Kier alpha value is -3.16. The molecule has 0 aliphatic heterocycles. The molecule has 164 valence electrons. The minimum absolute atomic E-state index is 0.0924. The van der Waals surface area contributed by atoms with Crippen LogP contribution in [0.15, 0.2) is 70.8 Å². The molecule has 0 fully saturated rings. The topological polar surface area (TPSA) is 57.4 Å². The molecule has 0 radical (unpaired) electrons. The van der Waals surface area contributed by atoms with Gasteiger partial charge in [-0.1, -0.05) is 19.1 Å². The Morgan fingerprint density at radius 1 is 1.12 bits per heavy atom. The number of methoxy groups -OCH3 is 1. The summed E-state index contributed by atoms with van der Waals surface area (Å²) in [6.07, 6.45) is 0.949. The Balaban J connectivity index is 1.61. The van der Waals surface area contributed by atoms with Gasteiger partial charge >= 0.3 is 0 Å². The Kier molecular flexibility index (Phi) is 6.87. The van der Waals surface area contributed by atoms with Crippen LogP contribution >= 0.6 is 23.6 Å². The molecule has 2 aromatic carbocycles. The summed E-state index contributed by atoms with van der Waals surface area (Å²) in [6, 6.07) is 19.8. The number of nitrogens with one attached hydrogen (secondary N) is 2. The molecule has 0 unspecified atom stereocenters. The van der Waals surface area contributed by atoms with Crippen LogP contribution in [-0.2, 0) is 19.5 Å². The van der Waals surface area contributed by atoms with Crippen LogP contribution in [0.1, 0.15) is 22.9 Å². The average molecular weight is 464 g/mol. The normalized spacial score (nSPS) is 10.8. The number of aryl methyl sites for hydroxylation is 1. The summed E-state index contributed by atoms with van der Waals surface area (Å²) in [7, 11) is 1.64. The van der Waals surface area contributed by atoms with Gasteiger partial charge in [0, 0.05) is 21.6 Å². The van der Waals surface area contributed by atoms with E-state index in [4.69, 9.17) is 17.0 Å². The highest BCUT2D eigenvalue weighted by molar-refractivity contribution is 7.80. The van der Waals surface area contributed by atoms with Crippen molar-refractivity contribution in [3.05, 3.63) is 92.4 Å². The Labute approximate surface area is 196 Å². The second kappa shape index (κ2) is 9.97. The van der Waals surface area contributed by atoms with Gasteiger partial charge in [-0.25, -0.2) is 0 Å². The van der Waals surface area contributed by atoms with Crippen molar-refractivity contribution in [1.82, 2.24) is 9.88 Å². The van der Waals surface area contributed by atoms with Gasteiger partial charge in [0.25, 0.3) is 5.56 Å². The summed E-state index contributed by atoms with van der Waals surface area (Å²) in [6.45, 7) is 3.15. The Morgan fingerprint density at radius 3 is 2.62 bits per heavy atom. The third kappa shape index (κ3) is 5.18. The highest BCUT2D eigenvalue weighted by atomic mass is 32.1. The van der Waals surface area contributed by atoms with Crippen molar-refractivity contribution in [2.75, 3.05) is 12.4 Å². The molecule has 0 saturated heterocycles. The number of H-pyrrole nitrogens is 1. The zero-order chi connectivity index (χ0) is 22.5. The zero-order valence-corrected chi connectivity index (χ0v) is 19.7. The molecule has 32 heavy (non-hydrogen) atoms. The third-order valence-corrected chi connectivity index (χ3v) is 6.53. The monoisotopic (exact) mass is 463 g/mol. The zero-order valence-electron chi connectivity index (χ0n) is 18.1. The van der Waals surface area contributed by atoms with Gasteiger partial charge in [0.15, 0.2) is 5.11 Å². The SMILES string of the molecule is CCc1ccc2[nH]c(=O)c(CN(Cc3cccs3)C(=S)Nc3ccc(OC)cc3)cc2c1. The van der Waals surface area contributed by atoms with Crippen LogP contribution in [-0.4, -0.2) is 22.1 Å². The standard InChI is InChI=1S/C25H25N3O2S2/c1-3-17-6-11-23-18(13-17)14-19(24(29)27-23)15-28(16-22-5-4-12-32-22)25(31)26-20-7-9-21(30-2)10-8-20/h4-14H,3,15-16H2,1-2H3,(H,26,31)(H,27,29). The average Bonchev–Trinajstić information content (AvgIpc) is 3.32. The van der Waals surface area contributed by atoms with E-state index >= 15 is 0 Å². The number of rotatable bonds is 7. The van der Waals surface area contributed by atoms with E-state index in [-0.39, 0.29) is 5.56 Å². The molecule has 0 aliphatic carbocycles. The number of thiophene rings is 1. The predicted octanol–water partition coefficient (Wildman–Crippen LogP) is 5.56. The van der Waals surface area contributed by atoms with Gasteiger partial charge in [0.2, 0.25) is 0 Å². The number of aromatic nitrogens is 1. The van der Waals surface area contributed by atoms with Crippen molar-refractivity contribution in [1.29, 1.82) is 0 Å². The van der Waals surface area contributed by atoms with Gasteiger partial charge in [-0.15, -0.1) is 11.3 Å². The van der Waals surface area contributed by atoms with Crippen LogP contribution in [0.2, 0.25) is 0 Å². The Bertz CT molecular complexity index is 1260. The fraction of sp³-hybridized carbons (Fsp3) is 0.200. The van der Waals surface area contributed by atoms with E-state index in [1.165, 1.54) is 10.4 Å². The summed E-state index contributed by atoms with van der Waals surface area (Å²) < 4.78 is 5.23. The number of aromatic amines is 1. The van der Waals surface area contributed by atoms with E-state index < -0.39 is 0 Å². The molecule has 2 N–H and O–H groups in total. The molecule has 4 aromatic rings. The van der Waals surface area contributed by atoms with Crippen LogP contribution < -0.4 is 15.6 Å². The van der Waals surface area contributed by atoms with E-state index in [1.54, 1.807) is 18.4 Å². The smallest absolute Gasteiger partial charge is 0.253 e. The van der Waals surface area contributed by atoms with Gasteiger partial charge in [-0.2, -0.15) is 0 Å². The molecule has 2 heterocycles. The number of hydrogen-bond acceptors (Lipinski definition) is 4. The first-order valence-corrected chi connectivity index (χ1v) is 11.7. The lowest BCUT2D eigenvalue weighted by Gasteiger charge is -2.25. The quantitative estimate of drug-likeness (QED) is 0.352. The first-order chi connectivity index (χ1) is 15.6. The van der Waals surface area contributed by atoms with Crippen molar-refractivity contribution >= 4 is 45.3 Å². The summed E-state index contributed by atoms with van der Waals surface area (Å²) in [5, 5.41) is 6.93. The van der Waals surface area contributed by atoms with Gasteiger partial charge < -0.3 is 19.9 Å². The number of thiocarbonyl (C=S) groups is 1. The van der Waals surface area contributed by atoms with Crippen molar-refractivity contribution in [3.8, 4) is 5.75 Å². The minimum atomic E-state index is -0.0924. The fourth-order valence-electron chi connectivity index (χ4n) is 3.51. The van der Waals surface area contributed by atoms with Crippen LogP contribution in [0.25, 0.3) is 10.9 Å². The molecule has 0 saturated carbocycles. The van der Waals surface area contributed by atoms with Gasteiger partial charge in [-0.05, 0) is 83.5 Å². The molecule has 0 aliphatic rings. The van der Waals surface area contributed by atoms with E-state index in [2.05, 4.69) is 35.4 Å². The lowest BCUT2D eigenvalue weighted by atomic mass is 10.1. The number of anilines is 1. The molecular weight excluding hydrogens is 438 g/mol. The lowest BCUT2D eigenvalue weighted by Crippen LogP contribution is -2.35. The minimum Gasteiger partial charge on any atom is -0.497 e. The number of ether oxygens (including phenoxy) is 1. The summed E-state index contributed by atoms with van der Waals surface area (Å²) in [5.41, 5.74) is 3.54. The fourth-order valence-corrected chi connectivity index (χ4v) is 4.48. The third-order valence-electron chi connectivity index (χ3n) is 5.31. The lowest BCUT2D eigenvalue weighted by molar-refractivity contribution is 0.414. The van der Waals surface area contributed by atoms with Crippen molar-refractivity contribution in [2.45, 2.75) is 26.4 Å². The second-order valence-electron chi connectivity index (χ2n) is 7.49. The molecule has 0 amide bonds. The van der Waals surface area contributed by atoms with Crippen molar-refractivity contribution < 1.29 is 4.74 Å². The number of fused-ring (bicyclic) bond motifs is 1. The maximum Gasteiger partial charge on any atom is 0.253 e. The molecule has 4 rings (SSSR count). The first kappa shape index (κ1) is 22.0. The number of hydrogen-bond donors (Lipinski definition) is 2. The van der Waals surface area contributed by atoms with Crippen LogP contribution in [0.3, 0.4) is 0 Å². The van der Waals surface area contributed by atoms with Crippen molar-refractivity contribution in [3.63, 3.8) is 0 Å². The number of nitrogens with zero attached hydrogens (tertiary/aromatic N) is 1. The number of pyridine rings is 1. The molecule has 7 heteroatoms. The highest BCUT2D eigenvalue weighted by Crippen LogP contribution is 2.20. The van der Waals surface area contributed by atoms with E-state index in [0.29, 0.717) is 23.8 Å². The summed E-state index contributed by atoms with van der Waals surface area (Å²) in [5.74, 6) is 0.783. The largest absolute Gasteiger partial charge is 0.497 e. The van der Waals surface area contributed by atoms with E-state index in [0.717, 1.165) is 28.8 Å². The summed E-state index contributed by atoms with van der Waals surface area (Å²) >= 11 is 7.42. The van der Waals surface area contributed by atoms with Crippen LogP contribution in [0, 0.1) is 0 Å².